The van der Waals surface area contributed by atoms with Crippen LogP contribution in [0.3, 0.4) is 0 Å². The van der Waals surface area contributed by atoms with Crippen LogP contribution in [-0.2, 0) is 4.74 Å². The summed E-state index contributed by atoms with van der Waals surface area (Å²) in [6.45, 7) is 0. The van der Waals surface area contributed by atoms with Crippen molar-refractivity contribution in [1.29, 1.82) is 0 Å². The molecule has 0 unspecified atom stereocenters. The van der Waals surface area contributed by atoms with E-state index < -0.39 is 0 Å². The molecule has 0 aliphatic rings. The Morgan fingerprint density at radius 2 is 2.38 bits per heavy atom. The first kappa shape index (κ1) is 8.59. The van der Waals surface area contributed by atoms with Gasteiger partial charge in [0.1, 0.15) is 10.5 Å². The minimum atomic E-state index is -0.362. The number of methoxy groups -OCH3 is 1. The molecule has 0 amide bonds. The maximum atomic E-state index is 11.1. The lowest BCUT2D eigenvalue weighted by Gasteiger charge is -1.92. The van der Waals surface area contributed by atoms with E-state index in [1.54, 1.807) is 6.07 Å². The van der Waals surface area contributed by atoms with Gasteiger partial charge >= 0.3 is 5.97 Å². The van der Waals surface area contributed by atoms with E-state index in [0.717, 1.165) is 10.2 Å². The number of aromatic amines is 1. The number of carbonyl (C=O) groups is 1. The van der Waals surface area contributed by atoms with Gasteiger partial charge < -0.3 is 9.72 Å². The lowest BCUT2D eigenvalue weighted by atomic mass is 10.4. The Kier molecular flexibility index (Phi) is 2.01. The van der Waals surface area contributed by atoms with Gasteiger partial charge in [0, 0.05) is 5.39 Å². The van der Waals surface area contributed by atoms with Crippen LogP contribution in [0.25, 0.3) is 10.2 Å². The fraction of sp³-hybridized carbons (Fsp3) is 0.125. The molecular weight excluding hydrogens is 210 g/mol. The van der Waals surface area contributed by atoms with E-state index in [-0.39, 0.29) is 5.97 Å². The molecule has 0 spiro atoms. The fourth-order valence-corrected chi connectivity index (χ4v) is 2.24. The van der Waals surface area contributed by atoms with Gasteiger partial charge in [0.25, 0.3) is 0 Å². The average molecular weight is 216 g/mol. The Hall–Kier alpha value is -1.00. The van der Waals surface area contributed by atoms with E-state index in [2.05, 4.69) is 9.72 Å². The highest BCUT2D eigenvalue weighted by atomic mass is 35.5. The molecule has 0 aliphatic heterocycles. The van der Waals surface area contributed by atoms with Crippen molar-refractivity contribution in [3.63, 3.8) is 0 Å². The first-order valence-electron chi connectivity index (χ1n) is 3.57. The van der Waals surface area contributed by atoms with E-state index in [0.29, 0.717) is 10.0 Å². The Balaban J connectivity index is 2.51. The highest BCUT2D eigenvalue weighted by molar-refractivity contribution is 7.22. The maximum Gasteiger partial charge on any atom is 0.354 e. The van der Waals surface area contributed by atoms with Gasteiger partial charge in [-0.15, -0.1) is 11.3 Å². The number of fused-ring (bicyclic) bond motifs is 1. The summed E-state index contributed by atoms with van der Waals surface area (Å²) in [5.41, 5.74) is 0.459. The topological polar surface area (TPSA) is 42.1 Å². The highest BCUT2D eigenvalue weighted by Gasteiger charge is 2.10. The van der Waals surface area contributed by atoms with E-state index in [4.69, 9.17) is 11.6 Å². The predicted octanol–water partition coefficient (Wildman–Crippen LogP) is 2.67. The van der Waals surface area contributed by atoms with Gasteiger partial charge in [0.2, 0.25) is 0 Å². The third-order valence-electron chi connectivity index (χ3n) is 1.68. The minimum Gasteiger partial charge on any atom is -0.464 e. The van der Waals surface area contributed by atoms with Crippen molar-refractivity contribution in [1.82, 2.24) is 4.98 Å². The van der Waals surface area contributed by atoms with Crippen LogP contribution in [-0.4, -0.2) is 18.1 Å². The molecule has 0 aliphatic carbocycles. The number of aromatic nitrogens is 1. The number of thiophene rings is 1. The van der Waals surface area contributed by atoms with E-state index in [9.17, 15) is 4.79 Å². The molecule has 0 saturated heterocycles. The van der Waals surface area contributed by atoms with Crippen molar-refractivity contribution < 1.29 is 9.53 Å². The van der Waals surface area contributed by atoms with Gasteiger partial charge in [-0.1, -0.05) is 11.6 Å². The van der Waals surface area contributed by atoms with E-state index in [1.807, 2.05) is 6.07 Å². The molecule has 0 saturated carbocycles. The third-order valence-corrected chi connectivity index (χ3v) is 2.88. The van der Waals surface area contributed by atoms with Crippen LogP contribution in [0.1, 0.15) is 10.5 Å². The highest BCUT2D eigenvalue weighted by Crippen LogP contribution is 2.29. The summed E-state index contributed by atoms with van der Waals surface area (Å²) < 4.78 is 5.27. The van der Waals surface area contributed by atoms with Crippen LogP contribution in [0.5, 0.6) is 0 Å². The number of ether oxygens (including phenoxy) is 1. The number of halogens is 1. The summed E-state index contributed by atoms with van der Waals surface area (Å²) in [6, 6.07) is 3.54. The van der Waals surface area contributed by atoms with Crippen LogP contribution in [0, 0.1) is 0 Å². The van der Waals surface area contributed by atoms with Gasteiger partial charge in [0.05, 0.1) is 11.4 Å². The molecule has 0 radical (unpaired) electrons. The van der Waals surface area contributed by atoms with E-state index in [1.165, 1.54) is 18.4 Å². The zero-order valence-electron chi connectivity index (χ0n) is 6.76. The molecule has 1 N–H and O–H groups in total. The Morgan fingerprint density at radius 3 is 3.00 bits per heavy atom. The monoisotopic (exact) mass is 215 g/mol. The van der Waals surface area contributed by atoms with Crippen molar-refractivity contribution in [3.05, 3.63) is 22.2 Å². The summed E-state index contributed by atoms with van der Waals surface area (Å²) >= 11 is 7.18. The Morgan fingerprint density at radius 1 is 1.62 bits per heavy atom. The summed E-state index contributed by atoms with van der Waals surface area (Å²) in [5, 5.41) is 0.940. The number of hydrogen-bond acceptors (Lipinski definition) is 3. The zero-order valence-corrected chi connectivity index (χ0v) is 8.33. The van der Waals surface area contributed by atoms with Gasteiger partial charge in [-0.3, -0.25) is 0 Å². The van der Waals surface area contributed by atoms with Crippen molar-refractivity contribution in [2.75, 3.05) is 7.11 Å². The van der Waals surface area contributed by atoms with Crippen LogP contribution < -0.4 is 0 Å². The minimum absolute atomic E-state index is 0.362. The number of H-pyrrole nitrogens is 1. The summed E-state index contributed by atoms with van der Waals surface area (Å²) in [5.74, 6) is -0.362. The largest absolute Gasteiger partial charge is 0.464 e. The molecule has 68 valence electrons. The molecular formula is C8H6ClNO2S. The number of carbonyl (C=O) groups excluding carboxylic acids is 1. The lowest BCUT2D eigenvalue weighted by Crippen LogP contribution is -2.00. The van der Waals surface area contributed by atoms with Gasteiger partial charge in [-0.25, -0.2) is 4.79 Å². The molecule has 2 rings (SSSR count). The Labute approximate surface area is 83.3 Å². The van der Waals surface area contributed by atoms with E-state index >= 15 is 0 Å². The normalized spacial score (nSPS) is 10.6. The molecule has 2 aromatic heterocycles. The number of hydrogen-bond donors (Lipinski definition) is 1. The Bertz CT molecular complexity index is 428. The van der Waals surface area contributed by atoms with Crippen molar-refractivity contribution >= 4 is 39.1 Å². The molecule has 0 atom stereocenters. The van der Waals surface area contributed by atoms with Gasteiger partial charge in [-0.2, -0.15) is 0 Å². The van der Waals surface area contributed by atoms with Gasteiger partial charge in [0.15, 0.2) is 0 Å². The van der Waals surface area contributed by atoms with Crippen molar-refractivity contribution in [3.8, 4) is 0 Å². The number of rotatable bonds is 1. The quantitative estimate of drug-likeness (QED) is 0.744. The molecule has 2 aromatic rings. The van der Waals surface area contributed by atoms with Crippen LogP contribution in [0.2, 0.25) is 4.34 Å². The van der Waals surface area contributed by atoms with Crippen LogP contribution in [0.15, 0.2) is 12.1 Å². The van der Waals surface area contributed by atoms with Crippen LogP contribution in [0.4, 0.5) is 0 Å². The molecule has 0 fully saturated rings. The summed E-state index contributed by atoms with van der Waals surface area (Å²) in [7, 11) is 1.35. The first-order valence-corrected chi connectivity index (χ1v) is 4.76. The second kappa shape index (κ2) is 3.05. The fourth-order valence-electron chi connectivity index (χ4n) is 1.11. The molecule has 5 heteroatoms. The standard InChI is InChI=1S/C8H6ClNO2S/c1-12-8(11)5-2-4-3-6(9)13-7(4)10-5/h2-3,10H,1H3. The SMILES string of the molecule is COC(=O)c1cc2cc(Cl)sc2[nH]1. The van der Waals surface area contributed by atoms with Gasteiger partial charge in [-0.05, 0) is 12.1 Å². The third kappa shape index (κ3) is 1.43. The first-order chi connectivity index (χ1) is 6.20. The lowest BCUT2D eigenvalue weighted by molar-refractivity contribution is 0.0595. The molecule has 13 heavy (non-hydrogen) atoms. The molecule has 0 bridgehead atoms. The second-order valence-electron chi connectivity index (χ2n) is 2.51. The van der Waals surface area contributed by atoms with Crippen LogP contribution >= 0.6 is 22.9 Å². The zero-order chi connectivity index (χ0) is 9.42. The molecule has 0 aromatic carbocycles. The summed E-state index contributed by atoms with van der Waals surface area (Å²) in [6.07, 6.45) is 0. The average Bonchev–Trinajstić information content (AvgIpc) is 2.59. The summed E-state index contributed by atoms with van der Waals surface area (Å²) in [4.78, 5) is 14.9. The number of nitrogens with one attached hydrogen (secondary N) is 1. The molecule has 3 nitrogen and oxygen atoms in total. The second-order valence-corrected chi connectivity index (χ2v) is 4.19. The predicted molar refractivity (Wildman–Crippen MR) is 52.5 cm³/mol. The van der Waals surface area contributed by atoms with Crippen molar-refractivity contribution in [2.45, 2.75) is 0 Å². The van der Waals surface area contributed by atoms with Crippen molar-refractivity contribution in [2.24, 2.45) is 0 Å². The smallest absolute Gasteiger partial charge is 0.354 e. The number of esters is 1. The molecule has 2 heterocycles. The maximum absolute atomic E-state index is 11.1.